The molecule has 2 aromatic carbocycles. The number of anilines is 1. The quantitative estimate of drug-likeness (QED) is 0.810. The standard InChI is InChI=1S/C22H26ClN3O2/c1-22(2,3)24-20(27)17-6-4-7-19(14-17)26-13-5-12-25(21(26)28)15-16-8-10-18(23)11-9-16/h4,6-11,14H,5,12-13,15H2,1-3H3,(H,24,27). The zero-order chi connectivity index (χ0) is 20.3. The van der Waals surface area contributed by atoms with Gasteiger partial charge in [0.05, 0.1) is 0 Å². The zero-order valence-electron chi connectivity index (χ0n) is 16.5. The number of carbonyl (C=O) groups is 2. The zero-order valence-corrected chi connectivity index (χ0v) is 17.3. The highest BCUT2D eigenvalue weighted by Crippen LogP contribution is 2.23. The van der Waals surface area contributed by atoms with Gasteiger partial charge in [0.15, 0.2) is 0 Å². The topological polar surface area (TPSA) is 52.7 Å². The molecule has 5 nitrogen and oxygen atoms in total. The van der Waals surface area contributed by atoms with Crippen molar-refractivity contribution in [2.45, 2.75) is 39.3 Å². The van der Waals surface area contributed by atoms with E-state index in [1.165, 1.54) is 0 Å². The number of urea groups is 1. The molecule has 1 N–H and O–H groups in total. The molecule has 0 atom stereocenters. The molecule has 28 heavy (non-hydrogen) atoms. The first-order valence-electron chi connectivity index (χ1n) is 9.46. The summed E-state index contributed by atoms with van der Waals surface area (Å²) in [5.74, 6) is -0.142. The Bertz CT molecular complexity index is 859. The molecule has 1 saturated heterocycles. The highest BCUT2D eigenvalue weighted by molar-refractivity contribution is 6.30. The molecule has 3 amide bonds. The van der Waals surface area contributed by atoms with Crippen LogP contribution in [0.25, 0.3) is 0 Å². The van der Waals surface area contributed by atoms with Crippen LogP contribution in [0.5, 0.6) is 0 Å². The van der Waals surface area contributed by atoms with Crippen LogP contribution < -0.4 is 10.2 Å². The molecule has 2 aromatic rings. The fourth-order valence-corrected chi connectivity index (χ4v) is 3.33. The van der Waals surface area contributed by atoms with Gasteiger partial charge in [0.25, 0.3) is 5.91 Å². The molecular weight excluding hydrogens is 374 g/mol. The first kappa shape index (κ1) is 20.2. The molecule has 0 aliphatic carbocycles. The van der Waals surface area contributed by atoms with E-state index in [1.807, 2.05) is 62.1 Å². The first-order valence-corrected chi connectivity index (χ1v) is 9.84. The van der Waals surface area contributed by atoms with Crippen molar-refractivity contribution in [3.05, 3.63) is 64.7 Å². The van der Waals surface area contributed by atoms with E-state index in [1.54, 1.807) is 17.0 Å². The van der Waals surface area contributed by atoms with E-state index < -0.39 is 0 Å². The van der Waals surface area contributed by atoms with Gasteiger partial charge in [0.1, 0.15) is 0 Å². The van der Waals surface area contributed by atoms with Crippen LogP contribution in [0.4, 0.5) is 10.5 Å². The second-order valence-corrected chi connectivity index (χ2v) is 8.53. The molecule has 0 spiro atoms. The maximum atomic E-state index is 13.0. The lowest BCUT2D eigenvalue weighted by atomic mass is 10.1. The molecule has 0 radical (unpaired) electrons. The van der Waals surface area contributed by atoms with Gasteiger partial charge in [-0.1, -0.05) is 29.8 Å². The number of hydrogen-bond donors (Lipinski definition) is 1. The normalized spacial score (nSPS) is 14.9. The van der Waals surface area contributed by atoms with Crippen LogP contribution in [-0.2, 0) is 6.54 Å². The van der Waals surface area contributed by atoms with Crippen LogP contribution in [0.3, 0.4) is 0 Å². The molecule has 6 heteroatoms. The molecule has 1 aliphatic heterocycles. The number of carbonyl (C=O) groups excluding carboxylic acids is 2. The summed E-state index contributed by atoms with van der Waals surface area (Å²) >= 11 is 5.95. The van der Waals surface area contributed by atoms with Crippen molar-refractivity contribution in [3.8, 4) is 0 Å². The van der Waals surface area contributed by atoms with Gasteiger partial charge >= 0.3 is 6.03 Å². The van der Waals surface area contributed by atoms with Crippen molar-refractivity contribution in [3.63, 3.8) is 0 Å². The Balaban J connectivity index is 1.75. The summed E-state index contributed by atoms with van der Waals surface area (Å²) < 4.78 is 0. The van der Waals surface area contributed by atoms with Crippen LogP contribution in [0, 0.1) is 0 Å². The smallest absolute Gasteiger partial charge is 0.324 e. The summed E-state index contributed by atoms with van der Waals surface area (Å²) in [5, 5.41) is 3.64. The molecule has 0 unspecified atom stereocenters. The fourth-order valence-electron chi connectivity index (χ4n) is 3.21. The molecule has 3 rings (SSSR count). The Morgan fingerprint density at radius 3 is 2.50 bits per heavy atom. The summed E-state index contributed by atoms with van der Waals surface area (Å²) in [6.07, 6.45) is 0.873. The minimum absolute atomic E-state index is 0.0467. The minimum atomic E-state index is -0.316. The number of benzene rings is 2. The second-order valence-electron chi connectivity index (χ2n) is 8.09. The van der Waals surface area contributed by atoms with Crippen molar-refractivity contribution in [1.82, 2.24) is 10.2 Å². The number of nitrogens with one attached hydrogen (secondary N) is 1. The van der Waals surface area contributed by atoms with Gasteiger partial charge in [-0.2, -0.15) is 0 Å². The molecule has 0 aromatic heterocycles. The van der Waals surface area contributed by atoms with E-state index in [0.717, 1.165) is 17.7 Å². The number of amides is 3. The van der Waals surface area contributed by atoms with Crippen LogP contribution in [0.2, 0.25) is 5.02 Å². The lowest BCUT2D eigenvalue weighted by Gasteiger charge is -2.36. The van der Waals surface area contributed by atoms with Gasteiger partial charge < -0.3 is 10.2 Å². The van der Waals surface area contributed by atoms with E-state index in [-0.39, 0.29) is 17.5 Å². The van der Waals surface area contributed by atoms with Crippen LogP contribution >= 0.6 is 11.6 Å². The summed E-state index contributed by atoms with van der Waals surface area (Å²) in [4.78, 5) is 29.1. The number of hydrogen-bond acceptors (Lipinski definition) is 2. The van der Waals surface area contributed by atoms with E-state index in [0.29, 0.717) is 30.2 Å². The van der Waals surface area contributed by atoms with Gasteiger partial charge in [0.2, 0.25) is 0 Å². The molecule has 0 saturated carbocycles. The third kappa shape index (κ3) is 5.04. The first-order chi connectivity index (χ1) is 13.2. The van der Waals surface area contributed by atoms with Gasteiger partial charge in [-0.25, -0.2) is 4.79 Å². The van der Waals surface area contributed by atoms with Crippen molar-refractivity contribution in [1.29, 1.82) is 0 Å². The number of halogens is 1. The molecule has 148 valence electrons. The molecule has 1 heterocycles. The van der Waals surface area contributed by atoms with E-state index in [9.17, 15) is 9.59 Å². The van der Waals surface area contributed by atoms with Crippen LogP contribution in [0.15, 0.2) is 48.5 Å². The number of rotatable bonds is 4. The van der Waals surface area contributed by atoms with Crippen molar-refractivity contribution >= 4 is 29.2 Å². The van der Waals surface area contributed by atoms with Gasteiger partial charge in [-0.05, 0) is 63.1 Å². The van der Waals surface area contributed by atoms with Crippen LogP contribution in [0.1, 0.15) is 43.1 Å². The molecule has 1 aliphatic rings. The third-order valence-electron chi connectivity index (χ3n) is 4.51. The molecule has 0 bridgehead atoms. The maximum Gasteiger partial charge on any atom is 0.324 e. The van der Waals surface area contributed by atoms with Gasteiger partial charge in [-0.15, -0.1) is 0 Å². The lowest BCUT2D eigenvalue weighted by Crippen LogP contribution is -2.49. The predicted molar refractivity (Wildman–Crippen MR) is 113 cm³/mol. The summed E-state index contributed by atoms with van der Waals surface area (Å²) in [6.45, 7) is 7.71. The van der Waals surface area contributed by atoms with Crippen molar-refractivity contribution in [2.75, 3.05) is 18.0 Å². The predicted octanol–water partition coefficient (Wildman–Crippen LogP) is 4.70. The maximum absolute atomic E-state index is 13.0. The highest BCUT2D eigenvalue weighted by Gasteiger charge is 2.27. The van der Waals surface area contributed by atoms with Crippen molar-refractivity contribution in [2.24, 2.45) is 0 Å². The number of nitrogens with zero attached hydrogens (tertiary/aromatic N) is 2. The monoisotopic (exact) mass is 399 g/mol. The van der Waals surface area contributed by atoms with E-state index >= 15 is 0 Å². The largest absolute Gasteiger partial charge is 0.347 e. The summed E-state index contributed by atoms with van der Waals surface area (Å²) in [5.41, 5.74) is 2.02. The Morgan fingerprint density at radius 1 is 1.11 bits per heavy atom. The van der Waals surface area contributed by atoms with Crippen LogP contribution in [-0.4, -0.2) is 35.5 Å². The second kappa shape index (κ2) is 8.23. The third-order valence-corrected chi connectivity index (χ3v) is 4.76. The molecular formula is C22H26ClN3O2. The Kier molecular flexibility index (Phi) is 5.94. The Labute approximate surface area is 171 Å². The Hall–Kier alpha value is -2.53. The summed E-state index contributed by atoms with van der Waals surface area (Å²) in [7, 11) is 0. The SMILES string of the molecule is CC(C)(C)NC(=O)c1cccc(N2CCCN(Cc3ccc(Cl)cc3)C2=O)c1. The van der Waals surface area contributed by atoms with Crippen molar-refractivity contribution < 1.29 is 9.59 Å². The van der Waals surface area contributed by atoms with E-state index in [4.69, 9.17) is 11.6 Å². The fraction of sp³-hybridized carbons (Fsp3) is 0.364. The lowest BCUT2D eigenvalue weighted by molar-refractivity contribution is 0.0919. The van der Waals surface area contributed by atoms with Gasteiger partial charge in [-0.3, -0.25) is 9.69 Å². The van der Waals surface area contributed by atoms with Gasteiger partial charge in [0, 0.05) is 41.4 Å². The van der Waals surface area contributed by atoms with E-state index in [2.05, 4.69) is 5.32 Å². The summed E-state index contributed by atoms with van der Waals surface area (Å²) in [6, 6.07) is 14.7. The molecule has 1 fully saturated rings. The minimum Gasteiger partial charge on any atom is -0.347 e. The Morgan fingerprint density at radius 2 is 1.82 bits per heavy atom. The average molecular weight is 400 g/mol. The average Bonchev–Trinajstić information content (AvgIpc) is 2.64. The highest BCUT2D eigenvalue weighted by atomic mass is 35.5.